The SMILES string of the molecule is CC1(C)OB(c2cc(CS(=O)O)c(N)cc2F)OC1(C)C. The van der Waals surface area contributed by atoms with Crippen molar-refractivity contribution in [2.75, 3.05) is 5.73 Å². The first-order valence-corrected chi connectivity index (χ1v) is 7.82. The van der Waals surface area contributed by atoms with Crippen molar-refractivity contribution in [3.05, 3.63) is 23.5 Å². The fourth-order valence-electron chi connectivity index (χ4n) is 2.06. The molecule has 1 saturated heterocycles. The summed E-state index contributed by atoms with van der Waals surface area (Å²) in [5.41, 5.74) is 5.20. The molecule has 1 heterocycles. The Morgan fingerprint density at radius 2 is 1.81 bits per heavy atom. The summed E-state index contributed by atoms with van der Waals surface area (Å²) in [5.74, 6) is -0.725. The summed E-state index contributed by atoms with van der Waals surface area (Å²) in [6.07, 6.45) is 0. The van der Waals surface area contributed by atoms with E-state index in [0.29, 0.717) is 5.56 Å². The number of hydrogen-bond acceptors (Lipinski definition) is 4. The van der Waals surface area contributed by atoms with Gasteiger partial charge in [0.05, 0.1) is 17.0 Å². The molecular formula is C13H19BFNO4S. The third-order valence-corrected chi connectivity index (χ3v) is 4.60. The van der Waals surface area contributed by atoms with E-state index in [4.69, 9.17) is 19.6 Å². The van der Waals surface area contributed by atoms with E-state index in [1.165, 1.54) is 6.07 Å². The molecule has 1 fully saturated rings. The van der Waals surface area contributed by atoms with Crippen LogP contribution in [0, 0.1) is 5.82 Å². The van der Waals surface area contributed by atoms with Crippen LogP contribution in [0.25, 0.3) is 0 Å². The molecule has 0 spiro atoms. The van der Waals surface area contributed by atoms with Gasteiger partial charge in [-0.3, -0.25) is 0 Å². The van der Waals surface area contributed by atoms with Crippen molar-refractivity contribution in [2.24, 2.45) is 0 Å². The predicted octanol–water partition coefficient (Wildman–Crippen LogP) is 1.43. The lowest BCUT2D eigenvalue weighted by molar-refractivity contribution is 0.00578. The van der Waals surface area contributed by atoms with E-state index < -0.39 is 35.2 Å². The molecule has 1 aliphatic heterocycles. The van der Waals surface area contributed by atoms with Crippen molar-refractivity contribution >= 4 is 29.3 Å². The fraction of sp³-hybridized carbons (Fsp3) is 0.538. The number of anilines is 1. The van der Waals surface area contributed by atoms with Gasteiger partial charge in [-0.2, -0.15) is 0 Å². The molecule has 1 aliphatic rings. The molecule has 116 valence electrons. The summed E-state index contributed by atoms with van der Waals surface area (Å²) in [6, 6.07) is 2.56. The van der Waals surface area contributed by atoms with Gasteiger partial charge in [-0.15, -0.1) is 0 Å². The Bertz CT molecular complexity index is 578. The van der Waals surface area contributed by atoms with E-state index >= 15 is 0 Å². The lowest BCUT2D eigenvalue weighted by atomic mass is 9.77. The van der Waals surface area contributed by atoms with Crippen LogP contribution in [0.2, 0.25) is 0 Å². The van der Waals surface area contributed by atoms with Crippen molar-refractivity contribution in [1.29, 1.82) is 0 Å². The zero-order valence-electron chi connectivity index (χ0n) is 12.5. The zero-order chi connectivity index (χ0) is 16.0. The quantitative estimate of drug-likeness (QED) is 0.501. The Morgan fingerprint density at radius 1 is 1.29 bits per heavy atom. The predicted molar refractivity (Wildman–Crippen MR) is 81.0 cm³/mol. The molecule has 1 aromatic rings. The van der Waals surface area contributed by atoms with Crippen LogP contribution < -0.4 is 11.2 Å². The summed E-state index contributed by atoms with van der Waals surface area (Å²) in [6.45, 7) is 7.47. The average Bonchev–Trinajstić information content (AvgIpc) is 2.51. The van der Waals surface area contributed by atoms with Gasteiger partial charge in [0.15, 0.2) is 11.1 Å². The van der Waals surface area contributed by atoms with Crippen molar-refractivity contribution < 1.29 is 22.5 Å². The topological polar surface area (TPSA) is 81.8 Å². The number of nitrogen functional groups attached to an aromatic ring is 1. The normalized spacial score (nSPS) is 21.5. The molecule has 0 saturated carbocycles. The first-order chi connectivity index (χ1) is 9.53. The summed E-state index contributed by atoms with van der Waals surface area (Å²) < 4.78 is 45.7. The Kier molecular flexibility index (Phi) is 4.18. The summed E-state index contributed by atoms with van der Waals surface area (Å²) >= 11 is -2.06. The summed E-state index contributed by atoms with van der Waals surface area (Å²) in [7, 11) is -0.874. The van der Waals surface area contributed by atoms with Gasteiger partial charge in [0.1, 0.15) is 5.82 Å². The summed E-state index contributed by atoms with van der Waals surface area (Å²) in [4.78, 5) is 0. The Hall–Kier alpha value is -0.955. The molecule has 1 atom stereocenters. The minimum atomic E-state index is -2.06. The highest BCUT2D eigenvalue weighted by Gasteiger charge is 2.52. The van der Waals surface area contributed by atoms with Crippen LogP contribution in [-0.2, 0) is 26.1 Å². The van der Waals surface area contributed by atoms with Crippen molar-refractivity contribution in [3.63, 3.8) is 0 Å². The van der Waals surface area contributed by atoms with E-state index in [9.17, 15) is 8.60 Å². The number of rotatable bonds is 3. The highest BCUT2D eigenvalue weighted by atomic mass is 32.2. The maximum atomic E-state index is 14.1. The van der Waals surface area contributed by atoms with Gasteiger partial charge in [0.2, 0.25) is 0 Å². The van der Waals surface area contributed by atoms with Gasteiger partial charge in [0, 0.05) is 11.2 Å². The second kappa shape index (κ2) is 5.35. The first kappa shape index (κ1) is 16.4. The fourth-order valence-corrected chi connectivity index (χ4v) is 2.58. The Morgan fingerprint density at radius 3 is 2.29 bits per heavy atom. The van der Waals surface area contributed by atoms with E-state index in [0.717, 1.165) is 6.07 Å². The molecule has 0 aromatic heterocycles. The molecule has 0 radical (unpaired) electrons. The molecule has 3 N–H and O–H groups in total. The van der Waals surface area contributed by atoms with E-state index in [-0.39, 0.29) is 16.9 Å². The van der Waals surface area contributed by atoms with E-state index in [1.807, 2.05) is 27.7 Å². The minimum Gasteiger partial charge on any atom is -0.399 e. The van der Waals surface area contributed by atoms with Crippen LogP contribution in [0.15, 0.2) is 12.1 Å². The van der Waals surface area contributed by atoms with Crippen molar-refractivity contribution in [1.82, 2.24) is 0 Å². The maximum absolute atomic E-state index is 14.1. The number of benzene rings is 1. The van der Waals surface area contributed by atoms with Crippen LogP contribution in [0.5, 0.6) is 0 Å². The van der Waals surface area contributed by atoms with Crippen LogP contribution in [-0.4, -0.2) is 27.1 Å². The van der Waals surface area contributed by atoms with Gasteiger partial charge < -0.3 is 19.6 Å². The van der Waals surface area contributed by atoms with Crippen LogP contribution in [0.4, 0.5) is 10.1 Å². The molecule has 0 amide bonds. The largest absolute Gasteiger partial charge is 0.497 e. The third-order valence-electron chi connectivity index (χ3n) is 4.04. The van der Waals surface area contributed by atoms with E-state index in [2.05, 4.69) is 0 Å². The van der Waals surface area contributed by atoms with Crippen LogP contribution in [0.1, 0.15) is 33.3 Å². The molecule has 0 bridgehead atoms. The lowest BCUT2D eigenvalue weighted by Crippen LogP contribution is -2.41. The van der Waals surface area contributed by atoms with E-state index in [1.54, 1.807) is 0 Å². The molecule has 2 rings (SSSR count). The minimum absolute atomic E-state index is 0.134. The smallest absolute Gasteiger partial charge is 0.399 e. The van der Waals surface area contributed by atoms with Gasteiger partial charge >= 0.3 is 7.12 Å². The number of nitrogens with two attached hydrogens (primary N) is 1. The second-order valence-electron chi connectivity index (χ2n) is 6.13. The summed E-state index contributed by atoms with van der Waals surface area (Å²) in [5, 5.41) is 0. The standard InChI is InChI=1S/C13H19BFNO4S/c1-12(2)13(3,4)20-14(19-12)9-5-8(7-21(17)18)11(16)6-10(9)15/h5-6H,7,16H2,1-4H3,(H,17,18). The molecule has 21 heavy (non-hydrogen) atoms. The van der Waals surface area contributed by atoms with Crippen molar-refractivity contribution in [3.8, 4) is 0 Å². The third kappa shape index (κ3) is 3.13. The van der Waals surface area contributed by atoms with Gasteiger partial charge in [-0.05, 0) is 39.3 Å². The maximum Gasteiger partial charge on any atom is 0.497 e. The Labute approximate surface area is 126 Å². The highest BCUT2D eigenvalue weighted by molar-refractivity contribution is 7.78. The molecular weight excluding hydrogens is 296 g/mol. The molecule has 8 heteroatoms. The average molecular weight is 315 g/mol. The molecule has 0 aliphatic carbocycles. The Balaban J connectivity index is 2.39. The van der Waals surface area contributed by atoms with Crippen LogP contribution in [0.3, 0.4) is 0 Å². The number of hydrogen-bond donors (Lipinski definition) is 2. The second-order valence-corrected chi connectivity index (χ2v) is 7.06. The number of halogens is 1. The molecule has 5 nitrogen and oxygen atoms in total. The van der Waals surface area contributed by atoms with Gasteiger partial charge in [-0.1, -0.05) is 6.07 Å². The van der Waals surface area contributed by atoms with Gasteiger partial charge in [-0.25, -0.2) is 8.60 Å². The first-order valence-electron chi connectivity index (χ1n) is 6.54. The molecule has 1 unspecified atom stereocenters. The van der Waals surface area contributed by atoms with Crippen molar-refractivity contribution in [2.45, 2.75) is 44.6 Å². The lowest BCUT2D eigenvalue weighted by Gasteiger charge is -2.32. The monoisotopic (exact) mass is 315 g/mol. The highest BCUT2D eigenvalue weighted by Crippen LogP contribution is 2.36. The zero-order valence-corrected chi connectivity index (χ0v) is 13.3. The van der Waals surface area contributed by atoms with Crippen LogP contribution >= 0.6 is 0 Å². The van der Waals surface area contributed by atoms with Gasteiger partial charge in [0.25, 0.3) is 0 Å². The molecule has 1 aromatic carbocycles.